The van der Waals surface area contributed by atoms with Gasteiger partial charge in [0.25, 0.3) is 15.0 Å². The molecule has 0 heterocycles. The molecule has 2 rings (SSSR count). The van der Waals surface area contributed by atoms with Crippen LogP contribution in [-0.4, -0.2) is 31.8 Å². The van der Waals surface area contributed by atoms with E-state index in [1.54, 1.807) is 17.0 Å². The van der Waals surface area contributed by atoms with Gasteiger partial charge >= 0.3 is 0 Å². The van der Waals surface area contributed by atoms with Crippen molar-refractivity contribution in [2.45, 2.75) is 43.5 Å². The fourth-order valence-electron chi connectivity index (χ4n) is 2.79. The Bertz CT molecular complexity index is 594. The number of carbonyl (C=O) groups excluding carboxylic acids is 1. The smallest absolute Gasteiger partial charge is 0.262 e. The molecular weight excluding hydrogens is 298 g/mol. The van der Waals surface area contributed by atoms with Crippen LogP contribution < -0.4 is 0 Å². The second-order valence-corrected chi connectivity index (χ2v) is 7.50. The van der Waals surface area contributed by atoms with Crippen molar-refractivity contribution < 1.29 is 13.2 Å². The summed E-state index contributed by atoms with van der Waals surface area (Å²) < 4.78 is 23.2. The number of hydrogen-bond donors (Lipinski definition) is 0. The quantitative estimate of drug-likeness (QED) is 0.803. The molecule has 1 amide bonds. The van der Waals surface area contributed by atoms with Gasteiger partial charge in [-0.1, -0.05) is 25.0 Å². The Morgan fingerprint density at radius 3 is 2.45 bits per heavy atom. The summed E-state index contributed by atoms with van der Waals surface area (Å²) in [7, 11) is 1.50. The molecule has 4 nitrogen and oxygen atoms in total. The summed E-state index contributed by atoms with van der Waals surface area (Å²) >= 11 is 0. The maximum atomic E-state index is 12.6. The number of nitrogens with zero attached hydrogens (tertiary/aromatic N) is 1. The molecule has 20 heavy (non-hydrogen) atoms. The molecule has 0 atom stereocenters. The van der Waals surface area contributed by atoms with Crippen molar-refractivity contribution >= 4 is 25.6 Å². The zero-order chi connectivity index (χ0) is 14.8. The van der Waals surface area contributed by atoms with Gasteiger partial charge in [-0.15, -0.1) is 0 Å². The average molecular weight is 316 g/mol. The van der Waals surface area contributed by atoms with Crippen molar-refractivity contribution in [3.63, 3.8) is 0 Å². The van der Waals surface area contributed by atoms with Crippen molar-refractivity contribution in [3.05, 3.63) is 29.8 Å². The predicted octanol–water partition coefficient (Wildman–Crippen LogP) is 3.02. The second kappa shape index (κ2) is 6.14. The SMILES string of the molecule is CCN(C(=O)c1ccccc1S(=O)(=O)Cl)C1CCCC1. The Labute approximate surface area is 124 Å². The van der Waals surface area contributed by atoms with Gasteiger partial charge in [0.1, 0.15) is 0 Å². The fourth-order valence-corrected chi connectivity index (χ4v) is 3.86. The highest BCUT2D eigenvalue weighted by molar-refractivity contribution is 8.13. The molecule has 0 unspecified atom stereocenters. The van der Waals surface area contributed by atoms with Gasteiger partial charge in [0.15, 0.2) is 0 Å². The molecule has 0 N–H and O–H groups in total. The molecule has 0 aliphatic heterocycles. The Hall–Kier alpha value is -1.07. The molecule has 1 aliphatic rings. The molecule has 0 aromatic heterocycles. The first-order valence-electron chi connectivity index (χ1n) is 6.79. The zero-order valence-corrected chi connectivity index (χ0v) is 13.0. The number of rotatable bonds is 4. The van der Waals surface area contributed by atoms with Crippen LogP contribution in [0.3, 0.4) is 0 Å². The van der Waals surface area contributed by atoms with E-state index in [1.807, 2.05) is 6.92 Å². The van der Waals surface area contributed by atoms with E-state index in [2.05, 4.69) is 0 Å². The molecule has 1 aromatic rings. The topological polar surface area (TPSA) is 54.5 Å². The lowest BCUT2D eigenvalue weighted by atomic mass is 10.1. The third kappa shape index (κ3) is 3.15. The van der Waals surface area contributed by atoms with E-state index >= 15 is 0 Å². The van der Waals surface area contributed by atoms with E-state index in [0.29, 0.717) is 6.54 Å². The maximum Gasteiger partial charge on any atom is 0.262 e. The molecule has 1 fully saturated rings. The molecule has 1 aliphatic carbocycles. The second-order valence-electron chi connectivity index (χ2n) is 4.96. The maximum absolute atomic E-state index is 12.6. The number of carbonyl (C=O) groups is 1. The van der Waals surface area contributed by atoms with Crippen molar-refractivity contribution in [2.75, 3.05) is 6.54 Å². The number of benzene rings is 1. The van der Waals surface area contributed by atoms with E-state index in [4.69, 9.17) is 10.7 Å². The predicted molar refractivity (Wildman–Crippen MR) is 78.4 cm³/mol. The fraction of sp³-hybridized carbons (Fsp3) is 0.500. The Kier molecular flexibility index (Phi) is 4.70. The highest BCUT2D eigenvalue weighted by atomic mass is 35.7. The van der Waals surface area contributed by atoms with Gasteiger partial charge in [0.2, 0.25) is 0 Å². The third-order valence-corrected chi connectivity index (χ3v) is 5.13. The first-order valence-corrected chi connectivity index (χ1v) is 9.10. The van der Waals surface area contributed by atoms with E-state index in [1.165, 1.54) is 12.1 Å². The minimum atomic E-state index is -3.92. The number of hydrogen-bond acceptors (Lipinski definition) is 3. The Balaban J connectivity index is 2.37. The lowest BCUT2D eigenvalue weighted by Crippen LogP contribution is -2.39. The summed E-state index contributed by atoms with van der Waals surface area (Å²) in [5.41, 5.74) is 0.163. The van der Waals surface area contributed by atoms with Gasteiger partial charge in [-0.05, 0) is 31.9 Å². The van der Waals surface area contributed by atoms with Gasteiger partial charge in [-0.3, -0.25) is 4.79 Å². The lowest BCUT2D eigenvalue weighted by molar-refractivity contribution is 0.0689. The molecule has 1 aromatic carbocycles. The molecule has 0 radical (unpaired) electrons. The number of halogens is 1. The highest BCUT2D eigenvalue weighted by Gasteiger charge is 2.29. The monoisotopic (exact) mass is 315 g/mol. The molecule has 0 bridgehead atoms. The van der Waals surface area contributed by atoms with Crippen LogP contribution in [0.1, 0.15) is 43.0 Å². The molecule has 1 saturated carbocycles. The van der Waals surface area contributed by atoms with Crippen molar-refractivity contribution in [2.24, 2.45) is 0 Å². The van der Waals surface area contributed by atoms with Gasteiger partial charge in [-0.2, -0.15) is 0 Å². The molecular formula is C14H18ClNO3S. The highest BCUT2D eigenvalue weighted by Crippen LogP contribution is 2.27. The summed E-state index contributed by atoms with van der Waals surface area (Å²) in [5.74, 6) is -0.251. The molecule has 6 heteroatoms. The van der Waals surface area contributed by atoms with Crippen LogP contribution in [0.25, 0.3) is 0 Å². The first-order chi connectivity index (χ1) is 9.45. The van der Waals surface area contributed by atoms with E-state index in [-0.39, 0.29) is 22.4 Å². The van der Waals surface area contributed by atoms with Gasteiger partial charge in [0, 0.05) is 23.3 Å². The van der Waals surface area contributed by atoms with E-state index in [9.17, 15) is 13.2 Å². The first kappa shape index (κ1) is 15.3. The van der Waals surface area contributed by atoms with Crippen molar-refractivity contribution in [3.8, 4) is 0 Å². The van der Waals surface area contributed by atoms with Crippen LogP contribution in [0.5, 0.6) is 0 Å². The average Bonchev–Trinajstić information content (AvgIpc) is 2.92. The van der Waals surface area contributed by atoms with Crippen molar-refractivity contribution in [1.29, 1.82) is 0 Å². The van der Waals surface area contributed by atoms with E-state index in [0.717, 1.165) is 25.7 Å². The summed E-state index contributed by atoms with van der Waals surface area (Å²) in [4.78, 5) is 14.3. The van der Waals surface area contributed by atoms with Crippen molar-refractivity contribution in [1.82, 2.24) is 4.90 Å². The minimum Gasteiger partial charge on any atom is -0.336 e. The summed E-state index contributed by atoms with van der Waals surface area (Å²) in [5, 5.41) is 0. The van der Waals surface area contributed by atoms with E-state index < -0.39 is 9.05 Å². The molecule has 110 valence electrons. The molecule has 0 spiro atoms. The lowest BCUT2D eigenvalue weighted by Gasteiger charge is -2.28. The largest absolute Gasteiger partial charge is 0.336 e. The summed E-state index contributed by atoms with van der Waals surface area (Å²) in [6, 6.07) is 6.32. The molecule has 0 saturated heterocycles. The van der Waals surface area contributed by atoms with Gasteiger partial charge in [-0.25, -0.2) is 8.42 Å². The van der Waals surface area contributed by atoms with Crippen LogP contribution in [0.4, 0.5) is 0 Å². The summed E-state index contributed by atoms with van der Waals surface area (Å²) in [6.45, 7) is 2.48. The number of amides is 1. The van der Waals surface area contributed by atoms with Gasteiger partial charge in [0.05, 0.1) is 10.5 Å². The van der Waals surface area contributed by atoms with Crippen LogP contribution in [-0.2, 0) is 9.05 Å². The minimum absolute atomic E-state index is 0.108. The normalized spacial score (nSPS) is 16.3. The van der Waals surface area contributed by atoms with Crippen LogP contribution >= 0.6 is 10.7 Å². The Morgan fingerprint density at radius 1 is 1.30 bits per heavy atom. The standard InChI is InChI=1S/C14H18ClNO3S/c1-2-16(11-7-3-4-8-11)14(17)12-9-5-6-10-13(12)20(15,18)19/h5-6,9-11H,2-4,7-8H2,1H3. The van der Waals surface area contributed by atoms with Crippen LogP contribution in [0.15, 0.2) is 29.2 Å². The zero-order valence-electron chi connectivity index (χ0n) is 11.4. The van der Waals surface area contributed by atoms with Crippen LogP contribution in [0.2, 0.25) is 0 Å². The van der Waals surface area contributed by atoms with Gasteiger partial charge < -0.3 is 4.90 Å². The summed E-state index contributed by atoms with van der Waals surface area (Å²) in [6.07, 6.45) is 4.19. The Morgan fingerprint density at radius 2 is 1.90 bits per heavy atom. The van der Waals surface area contributed by atoms with Crippen LogP contribution in [0, 0.1) is 0 Å². The third-order valence-electron chi connectivity index (χ3n) is 3.75.